The first-order chi connectivity index (χ1) is 10.1. The van der Waals surface area contributed by atoms with E-state index < -0.39 is 10.0 Å². The van der Waals surface area contributed by atoms with Crippen molar-refractivity contribution >= 4 is 33.0 Å². The summed E-state index contributed by atoms with van der Waals surface area (Å²) in [5, 5.41) is 3.66. The van der Waals surface area contributed by atoms with Crippen molar-refractivity contribution in [3.8, 4) is 0 Å². The van der Waals surface area contributed by atoms with Crippen LogP contribution in [0.2, 0.25) is 5.02 Å². The van der Waals surface area contributed by atoms with Gasteiger partial charge in [-0.25, -0.2) is 8.42 Å². The topological polar surface area (TPSA) is 58.2 Å². The highest BCUT2D eigenvalue weighted by Crippen LogP contribution is 2.31. The van der Waals surface area contributed by atoms with E-state index in [1.807, 2.05) is 12.1 Å². The van der Waals surface area contributed by atoms with Crippen molar-refractivity contribution in [2.45, 2.75) is 17.7 Å². The van der Waals surface area contributed by atoms with E-state index in [2.05, 4.69) is 10.0 Å². The quantitative estimate of drug-likeness (QED) is 0.909. The zero-order chi connectivity index (χ0) is 14.9. The lowest BCUT2D eigenvalue weighted by Gasteiger charge is -2.21. The molecule has 0 saturated heterocycles. The number of rotatable bonds is 3. The van der Waals surface area contributed by atoms with Gasteiger partial charge in [-0.3, -0.25) is 4.72 Å². The predicted molar refractivity (Wildman–Crippen MR) is 85.5 cm³/mol. The van der Waals surface area contributed by atoms with Gasteiger partial charge in [-0.05, 0) is 42.7 Å². The largest absolute Gasteiger partial charge is 0.383 e. The lowest BCUT2D eigenvalue weighted by Crippen LogP contribution is -2.18. The average Bonchev–Trinajstić information content (AvgIpc) is 2.47. The Morgan fingerprint density at radius 2 is 1.95 bits per heavy atom. The Morgan fingerprint density at radius 1 is 1.14 bits per heavy atom. The summed E-state index contributed by atoms with van der Waals surface area (Å²) in [6.07, 6.45) is 2.01. The van der Waals surface area contributed by atoms with Gasteiger partial charge in [-0.1, -0.05) is 29.8 Å². The smallest absolute Gasteiger partial charge is 0.262 e. The number of aryl methyl sites for hydroxylation is 1. The van der Waals surface area contributed by atoms with E-state index in [4.69, 9.17) is 11.6 Å². The van der Waals surface area contributed by atoms with Crippen LogP contribution < -0.4 is 10.0 Å². The van der Waals surface area contributed by atoms with Crippen LogP contribution in [0.15, 0.2) is 47.4 Å². The van der Waals surface area contributed by atoms with Gasteiger partial charge >= 0.3 is 0 Å². The molecular weight excluding hydrogens is 308 g/mol. The van der Waals surface area contributed by atoms with Crippen LogP contribution in [-0.2, 0) is 16.4 Å². The number of nitrogens with one attached hydrogen (secondary N) is 2. The van der Waals surface area contributed by atoms with Gasteiger partial charge in [0.2, 0.25) is 0 Å². The van der Waals surface area contributed by atoms with Crippen molar-refractivity contribution < 1.29 is 8.42 Å². The molecule has 2 N–H and O–H groups in total. The first-order valence-corrected chi connectivity index (χ1v) is 8.56. The fourth-order valence-electron chi connectivity index (χ4n) is 2.43. The maximum absolute atomic E-state index is 12.4. The number of hydrogen-bond acceptors (Lipinski definition) is 3. The van der Waals surface area contributed by atoms with Gasteiger partial charge in [-0.15, -0.1) is 0 Å². The van der Waals surface area contributed by atoms with Crippen molar-refractivity contribution in [2.24, 2.45) is 0 Å². The van der Waals surface area contributed by atoms with Crippen LogP contribution in [0.1, 0.15) is 12.0 Å². The zero-order valence-corrected chi connectivity index (χ0v) is 12.8. The van der Waals surface area contributed by atoms with Gasteiger partial charge in [-0.2, -0.15) is 0 Å². The van der Waals surface area contributed by atoms with Gasteiger partial charge in [0.1, 0.15) is 0 Å². The van der Waals surface area contributed by atoms with Crippen molar-refractivity contribution in [2.75, 3.05) is 16.6 Å². The summed E-state index contributed by atoms with van der Waals surface area (Å²) >= 11 is 5.86. The molecule has 0 atom stereocenters. The van der Waals surface area contributed by atoms with Crippen molar-refractivity contribution in [1.29, 1.82) is 0 Å². The number of hydrogen-bond donors (Lipinski definition) is 2. The molecule has 1 aliphatic rings. The SMILES string of the molecule is O=S(=O)(Nc1cccc2c1NCCC2)c1cccc(Cl)c1. The van der Waals surface area contributed by atoms with Crippen LogP contribution in [-0.4, -0.2) is 15.0 Å². The highest BCUT2D eigenvalue weighted by Gasteiger charge is 2.19. The van der Waals surface area contributed by atoms with Gasteiger partial charge in [0.05, 0.1) is 16.3 Å². The molecule has 0 fully saturated rings. The molecule has 0 radical (unpaired) electrons. The number of anilines is 2. The Kier molecular flexibility index (Phi) is 3.78. The normalized spacial score (nSPS) is 14.1. The van der Waals surface area contributed by atoms with E-state index in [9.17, 15) is 8.42 Å². The monoisotopic (exact) mass is 322 g/mol. The van der Waals surface area contributed by atoms with E-state index in [0.717, 1.165) is 30.6 Å². The fraction of sp³-hybridized carbons (Fsp3) is 0.200. The zero-order valence-electron chi connectivity index (χ0n) is 11.3. The van der Waals surface area contributed by atoms with Gasteiger partial charge in [0.25, 0.3) is 10.0 Å². The van der Waals surface area contributed by atoms with E-state index >= 15 is 0 Å². The Balaban J connectivity index is 1.96. The lowest BCUT2D eigenvalue weighted by atomic mass is 10.0. The van der Waals surface area contributed by atoms with Gasteiger partial charge in [0.15, 0.2) is 0 Å². The lowest BCUT2D eigenvalue weighted by molar-refractivity contribution is 0.601. The molecule has 1 aliphatic heterocycles. The van der Waals surface area contributed by atoms with Crippen LogP contribution in [0.3, 0.4) is 0 Å². The standard InChI is InChI=1S/C15H15ClN2O2S/c16-12-6-2-7-13(10-12)21(19,20)18-14-8-1-4-11-5-3-9-17-15(11)14/h1-2,4,6-8,10,17-18H,3,5,9H2. The van der Waals surface area contributed by atoms with E-state index in [-0.39, 0.29) is 4.90 Å². The van der Waals surface area contributed by atoms with E-state index in [1.54, 1.807) is 18.2 Å². The first-order valence-electron chi connectivity index (χ1n) is 6.70. The second kappa shape index (κ2) is 5.58. The summed E-state index contributed by atoms with van der Waals surface area (Å²) in [5.74, 6) is 0. The van der Waals surface area contributed by atoms with Crippen molar-refractivity contribution in [3.63, 3.8) is 0 Å². The predicted octanol–water partition coefficient (Wildman–Crippen LogP) is 3.50. The number of sulfonamides is 1. The molecule has 1 heterocycles. The van der Waals surface area contributed by atoms with Gasteiger partial charge < -0.3 is 5.32 Å². The Morgan fingerprint density at radius 3 is 2.76 bits per heavy atom. The molecule has 0 saturated carbocycles. The van der Waals surface area contributed by atoms with Crippen molar-refractivity contribution in [1.82, 2.24) is 0 Å². The maximum atomic E-state index is 12.4. The van der Waals surface area contributed by atoms with E-state index in [0.29, 0.717) is 10.7 Å². The minimum Gasteiger partial charge on any atom is -0.383 e. The average molecular weight is 323 g/mol. The Hall–Kier alpha value is -1.72. The molecule has 4 nitrogen and oxygen atoms in total. The van der Waals surface area contributed by atoms with Crippen LogP contribution in [0, 0.1) is 0 Å². The highest BCUT2D eigenvalue weighted by molar-refractivity contribution is 7.92. The Labute approximate surface area is 129 Å². The van der Waals surface area contributed by atoms with E-state index in [1.165, 1.54) is 12.1 Å². The van der Waals surface area contributed by atoms with Crippen molar-refractivity contribution in [3.05, 3.63) is 53.1 Å². The molecular formula is C15H15ClN2O2S. The third-order valence-electron chi connectivity index (χ3n) is 3.43. The van der Waals surface area contributed by atoms with Gasteiger partial charge in [0, 0.05) is 11.6 Å². The molecule has 3 rings (SSSR count). The molecule has 6 heteroatoms. The molecule has 110 valence electrons. The molecule has 0 aromatic heterocycles. The molecule has 0 aliphatic carbocycles. The number of benzene rings is 2. The summed E-state index contributed by atoms with van der Waals surface area (Å²) in [5.41, 5.74) is 2.58. The van der Waals surface area contributed by atoms with Crippen LogP contribution >= 0.6 is 11.6 Å². The Bertz CT molecular complexity index is 775. The summed E-state index contributed by atoms with van der Waals surface area (Å²) in [4.78, 5) is 0.156. The third kappa shape index (κ3) is 2.99. The minimum absolute atomic E-state index is 0.156. The molecule has 2 aromatic rings. The summed E-state index contributed by atoms with van der Waals surface area (Å²) in [7, 11) is -3.64. The van der Waals surface area contributed by atoms with Crippen LogP contribution in [0.25, 0.3) is 0 Å². The third-order valence-corrected chi connectivity index (χ3v) is 5.02. The van der Waals surface area contributed by atoms with Crippen LogP contribution in [0.4, 0.5) is 11.4 Å². The maximum Gasteiger partial charge on any atom is 0.262 e. The molecule has 2 aromatic carbocycles. The molecule has 21 heavy (non-hydrogen) atoms. The molecule has 0 spiro atoms. The summed E-state index contributed by atoms with van der Waals surface area (Å²) < 4.78 is 27.5. The number of halogens is 1. The summed E-state index contributed by atoms with van der Waals surface area (Å²) in [6, 6.07) is 11.9. The highest BCUT2D eigenvalue weighted by atomic mass is 35.5. The fourth-order valence-corrected chi connectivity index (χ4v) is 3.80. The second-order valence-corrected chi connectivity index (χ2v) is 7.05. The number of fused-ring (bicyclic) bond motifs is 1. The first kappa shape index (κ1) is 14.2. The van der Waals surface area contributed by atoms with Crippen LogP contribution in [0.5, 0.6) is 0 Å². The minimum atomic E-state index is -3.64. The molecule has 0 bridgehead atoms. The second-order valence-electron chi connectivity index (χ2n) is 4.93. The summed E-state index contributed by atoms with van der Waals surface area (Å²) in [6.45, 7) is 0.850. The molecule has 0 unspecified atom stereocenters. The number of para-hydroxylation sites is 1. The molecule has 0 amide bonds.